The number of alkyl halides is 3. The summed E-state index contributed by atoms with van der Waals surface area (Å²) in [5.41, 5.74) is 4.56. The van der Waals surface area contributed by atoms with Crippen molar-refractivity contribution in [3.05, 3.63) is 64.7 Å². The van der Waals surface area contributed by atoms with Gasteiger partial charge in [0.25, 0.3) is 0 Å². The molecule has 8 heteroatoms. The summed E-state index contributed by atoms with van der Waals surface area (Å²) in [6.07, 6.45) is -4.67. The average Bonchev–Trinajstić information content (AvgIpc) is 2.59. The number of rotatable bonds is 4. The quantitative estimate of drug-likeness (QED) is 0.726. The lowest BCUT2D eigenvalue weighted by Gasteiger charge is -2.37. The average molecular weight is 437 g/mol. The van der Waals surface area contributed by atoms with Gasteiger partial charge in [0.15, 0.2) is 0 Å². The van der Waals surface area contributed by atoms with Gasteiger partial charge >= 0.3 is 6.36 Å². The van der Waals surface area contributed by atoms with Crippen LogP contribution in [-0.2, 0) is 0 Å². The highest BCUT2D eigenvalue weighted by molar-refractivity contribution is 5.85. The summed E-state index contributed by atoms with van der Waals surface area (Å²) in [4.78, 5) is 2.38. The van der Waals surface area contributed by atoms with Gasteiger partial charge in [-0.1, -0.05) is 30.3 Å². The summed E-state index contributed by atoms with van der Waals surface area (Å²) in [7, 11) is 0. The third-order valence-electron chi connectivity index (χ3n) is 4.76. The summed E-state index contributed by atoms with van der Waals surface area (Å²) in [5.74, 6) is -0.193. The van der Waals surface area contributed by atoms with E-state index in [1.54, 1.807) is 12.1 Å². The van der Waals surface area contributed by atoms with E-state index in [0.717, 1.165) is 31.7 Å². The Labute approximate surface area is 176 Å². The molecule has 1 fully saturated rings. The molecule has 0 radical (unpaired) electrons. The molecule has 28 heavy (non-hydrogen) atoms. The lowest BCUT2D eigenvalue weighted by molar-refractivity contribution is -0.274. The zero-order chi connectivity index (χ0) is 18.7. The third kappa shape index (κ3) is 6.01. The first-order valence-electron chi connectivity index (χ1n) is 8.72. The molecule has 2 aromatic rings. The van der Waals surface area contributed by atoms with Crippen LogP contribution in [0.15, 0.2) is 42.5 Å². The molecule has 0 aromatic heterocycles. The van der Waals surface area contributed by atoms with Crippen molar-refractivity contribution in [2.24, 2.45) is 0 Å². The highest BCUT2D eigenvalue weighted by Gasteiger charge is 2.31. The fraction of sp³-hybridized carbons (Fsp3) is 0.400. The normalized spacial score (nSPS) is 15.9. The molecule has 0 bridgehead atoms. The van der Waals surface area contributed by atoms with Crippen LogP contribution < -0.4 is 10.1 Å². The number of hydrogen-bond donors (Lipinski definition) is 1. The van der Waals surface area contributed by atoms with E-state index in [4.69, 9.17) is 0 Å². The maximum Gasteiger partial charge on any atom is 0.573 e. The molecule has 0 amide bonds. The van der Waals surface area contributed by atoms with Gasteiger partial charge < -0.3 is 10.1 Å². The fourth-order valence-electron chi connectivity index (χ4n) is 3.61. The van der Waals surface area contributed by atoms with Crippen molar-refractivity contribution < 1.29 is 17.9 Å². The standard InChI is InChI=1S/C20H23F3N2O.2ClH/c1-14-4-3-5-15(2)18(14)19(25-12-10-24-11-13-25)16-6-8-17(9-7-16)26-20(21,22)23;;/h3-9,19,24H,10-13H2,1-2H3;2*1H/t19-;;/m1../s1. The van der Waals surface area contributed by atoms with Gasteiger partial charge in [0.1, 0.15) is 5.75 Å². The highest BCUT2D eigenvalue weighted by atomic mass is 35.5. The first-order valence-corrected chi connectivity index (χ1v) is 8.72. The topological polar surface area (TPSA) is 24.5 Å². The Kier molecular flexibility index (Phi) is 9.08. The van der Waals surface area contributed by atoms with Crippen molar-refractivity contribution in [2.45, 2.75) is 26.3 Å². The minimum atomic E-state index is -4.67. The van der Waals surface area contributed by atoms with Crippen molar-refractivity contribution in [3.8, 4) is 5.75 Å². The molecule has 1 heterocycles. The Bertz CT molecular complexity index is 728. The SMILES string of the molecule is Cc1cccc(C)c1[C@@H](c1ccc(OC(F)(F)F)cc1)N1CCNCC1.Cl.Cl. The lowest BCUT2D eigenvalue weighted by atomic mass is 9.89. The van der Waals surface area contributed by atoms with Gasteiger partial charge in [-0.2, -0.15) is 0 Å². The smallest absolute Gasteiger partial charge is 0.406 e. The molecule has 1 aliphatic rings. The van der Waals surface area contributed by atoms with Crippen molar-refractivity contribution in [1.82, 2.24) is 10.2 Å². The number of hydrogen-bond acceptors (Lipinski definition) is 3. The van der Waals surface area contributed by atoms with E-state index in [2.05, 4.69) is 40.9 Å². The first-order chi connectivity index (χ1) is 12.3. The third-order valence-corrected chi connectivity index (χ3v) is 4.76. The van der Waals surface area contributed by atoms with E-state index in [0.29, 0.717) is 0 Å². The zero-order valence-electron chi connectivity index (χ0n) is 15.8. The van der Waals surface area contributed by atoms with Gasteiger partial charge in [0.2, 0.25) is 0 Å². The number of nitrogens with one attached hydrogen (secondary N) is 1. The minimum absolute atomic E-state index is 0. The second kappa shape index (κ2) is 10.3. The van der Waals surface area contributed by atoms with Crippen LogP contribution >= 0.6 is 24.8 Å². The Hall–Kier alpha value is -1.47. The molecule has 1 N–H and O–H groups in total. The molecule has 1 aliphatic heterocycles. The van der Waals surface area contributed by atoms with Crippen molar-refractivity contribution in [1.29, 1.82) is 0 Å². The van der Waals surface area contributed by atoms with Gasteiger partial charge in [-0.3, -0.25) is 4.90 Å². The molecular weight excluding hydrogens is 412 g/mol. The van der Waals surface area contributed by atoms with Crippen LogP contribution in [-0.4, -0.2) is 37.4 Å². The molecule has 2 aromatic carbocycles. The van der Waals surface area contributed by atoms with Gasteiger partial charge in [-0.15, -0.1) is 38.0 Å². The highest BCUT2D eigenvalue weighted by Crippen LogP contribution is 2.34. The van der Waals surface area contributed by atoms with E-state index < -0.39 is 6.36 Å². The number of aryl methyl sites for hydroxylation is 2. The second-order valence-corrected chi connectivity index (χ2v) is 6.61. The molecule has 0 aliphatic carbocycles. The minimum Gasteiger partial charge on any atom is -0.406 e. The van der Waals surface area contributed by atoms with Crippen LogP contribution in [0.5, 0.6) is 5.75 Å². The van der Waals surface area contributed by atoms with Crippen molar-refractivity contribution in [3.63, 3.8) is 0 Å². The number of benzene rings is 2. The van der Waals surface area contributed by atoms with Crippen LogP contribution in [0.2, 0.25) is 0 Å². The van der Waals surface area contributed by atoms with Crippen LogP contribution in [0.4, 0.5) is 13.2 Å². The summed E-state index contributed by atoms with van der Waals surface area (Å²) in [6, 6.07) is 12.5. The summed E-state index contributed by atoms with van der Waals surface area (Å²) in [5, 5.41) is 3.35. The largest absolute Gasteiger partial charge is 0.573 e. The molecule has 1 saturated heterocycles. The molecule has 156 valence electrons. The zero-order valence-corrected chi connectivity index (χ0v) is 17.4. The Morgan fingerprint density at radius 3 is 1.96 bits per heavy atom. The first kappa shape index (κ1) is 24.6. The number of piperazine rings is 1. The van der Waals surface area contributed by atoms with E-state index in [1.165, 1.54) is 28.8 Å². The Morgan fingerprint density at radius 1 is 0.929 bits per heavy atom. The van der Waals surface area contributed by atoms with Crippen LogP contribution in [0.25, 0.3) is 0 Å². The molecule has 1 atom stereocenters. The van der Waals surface area contributed by atoms with Crippen LogP contribution in [0.1, 0.15) is 28.3 Å². The van der Waals surface area contributed by atoms with Crippen molar-refractivity contribution in [2.75, 3.05) is 26.2 Å². The van der Waals surface area contributed by atoms with Crippen LogP contribution in [0.3, 0.4) is 0 Å². The molecule has 3 nitrogen and oxygen atoms in total. The fourth-order valence-corrected chi connectivity index (χ4v) is 3.61. The molecule has 0 saturated carbocycles. The number of nitrogens with zero attached hydrogens (tertiary/aromatic N) is 1. The van der Waals surface area contributed by atoms with E-state index in [9.17, 15) is 13.2 Å². The lowest BCUT2D eigenvalue weighted by Crippen LogP contribution is -2.45. The number of halogens is 5. The predicted molar refractivity (Wildman–Crippen MR) is 110 cm³/mol. The van der Waals surface area contributed by atoms with Gasteiger partial charge in [0.05, 0.1) is 6.04 Å². The molecule has 0 unspecified atom stereocenters. The summed E-state index contributed by atoms with van der Waals surface area (Å²) < 4.78 is 41.3. The predicted octanol–water partition coefficient (Wildman–Crippen LogP) is 5.04. The maximum atomic E-state index is 12.4. The molecular formula is C20H25Cl2F3N2O. The Balaban J connectivity index is 0.00000196. The summed E-state index contributed by atoms with van der Waals surface area (Å²) >= 11 is 0. The second-order valence-electron chi connectivity index (χ2n) is 6.61. The molecule has 0 spiro atoms. The van der Waals surface area contributed by atoms with Gasteiger partial charge in [-0.25, -0.2) is 0 Å². The number of ether oxygens (including phenoxy) is 1. The van der Waals surface area contributed by atoms with E-state index in [1.807, 2.05) is 6.07 Å². The maximum absolute atomic E-state index is 12.4. The van der Waals surface area contributed by atoms with Crippen molar-refractivity contribution >= 4 is 24.8 Å². The molecule has 3 rings (SSSR count). The van der Waals surface area contributed by atoms with Crippen LogP contribution in [0, 0.1) is 13.8 Å². The monoisotopic (exact) mass is 436 g/mol. The van der Waals surface area contributed by atoms with E-state index in [-0.39, 0.29) is 36.6 Å². The summed E-state index contributed by atoms with van der Waals surface area (Å²) in [6.45, 7) is 7.74. The Morgan fingerprint density at radius 2 is 1.46 bits per heavy atom. The van der Waals surface area contributed by atoms with E-state index >= 15 is 0 Å². The van der Waals surface area contributed by atoms with Gasteiger partial charge in [-0.05, 0) is 48.2 Å². The van der Waals surface area contributed by atoms with Gasteiger partial charge in [0, 0.05) is 26.2 Å².